The topological polar surface area (TPSA) is 63.6 Å². The minimum absolute atomic E-state index is 0.275. The van der Waals surface area contributed by atoms with Gasteiger partial charge >= 0.3 is 0 Å². The van der Waals surface area contributed by atoms with E-state index in [0.717, 1.165) is 17.0 Å². The molecule has 0 aliphatic carbocycles. The van der Waals surface area contributed by atoms with Gasteiger partial charge in [0.15, 0.2) is 0 Å². The summed E-state index contributed by atoms with van der Waals surface area (Å²) >= 11 is 0. The molecule has 0 aliphatic rings. The molecule has 5 heteroatoms. The second-order valence-corrected chi connectivity index (χ2v) is 4.32. The number of hydrogen-bond donors (Lipinski definition) is 1. The van der Waals surface area contributed by atoms with Crippen LogP contribution in [0.2, 0.25) is 0 Å². The van der Waals surface area contributed by atoms with Gasteiger partial charge in [-0.3, -0.25) is 9.78 Å². The highest BCUT2D eigenvalue weighted by Gasteiger charge is 2.06. The molecule has 108 valence electrons. The lowest BCUT2D eigenvalue weighted by Crippen LogP contribution is -2.20. The van der Waals surface area contributed by atoms with Crippen molar-refractivity contribution in [3.8, 4) is 5.75 Å². The van der Waals surface area contributed by atoms with E-state index in [1.54, 1.807) is 25.4 Å². The van der Waals surface area contributed by atoms with Crippen molar-refractivity contribution in [2.45, 2.75) is 13.3 Å². The van der Waals surface area contributed by atoms with Crippen molar-refractivity contribution in [2.75, 3.05) is 7.11 Å². The predicted molar refractivity (Wildman–Crippen MR) is 81.5 cm³/mol. The average Bonchev–Trinajstić information content (AvgIpc) is 2.56. The van der Waals surface area contributed by atoms with E-state index in [1.807, 2.05) is 31.2 Å². The number of hydrazone groups is 1. The van der Waals surface area contributed by atoms with Crippen LogP contribution in [0, 0.1) is 0 Å². The Kier molecular flexibility index (Phi) is 5.04. The standard InChI is InChI=1S/C16H17N3O2/c1-3-15(12-6-8-14(21-2)9-7-12)18-19-16(20)13-5-4-10-17-11-13/h4-11H,3H2,1-2H3,(H,19,20). The van der Waals surface area contributed by atoms with Gasteiger partial charge in [-0.25, -0.2) is 5.43 Å². The number of nitrogens with zero attached hydrogens (tertiary/aromatic N) is 2. The highest BCUT2D eigenvalue weighted by molar-refractivity contribution is 6.02. The van der Waals surface area contributed by atoms with Crippen LogP contribution in [0.1, 0.15) is 29.3 Å². The molecule has 0 radical (unpaired) electrons. The number of carbonyl (C=O) groups is 1. The molecule has 0 saturated heterocycles. The van der Waals surface area contributed by atoms with Gasteiger partial charge in [-0.2, -0.15) is 5.10 Å². The summed E-state index contributed by atoms with van der Waals surface area (Å²) in [5, 5.41) is 4.19. The van der Waals surface area contributed by atoms with Gasteiger partial charge in [0.2, 0.25) is 0 Å². The Labute approximate surface area is 123 Å². The van der Waals surface area contributed by atoms with Crippen LogP contribution in [0.25, 0.3) is 0 Å². The molecular formula is C16H17N3O2. The summed E-state index contributed by atoms with van der Waals surface area (Å²) in [5.74, 6) is 0.510. The zero-order chi connectivity index (χ0) is 15.1. The van der Waals surface area contributed by atoms with E-state index in [4.69, 9.17) is 4.74 Å². The number of pyridine rings is 1. The lowest BCUT2D eigenvalue weighted by Gasteiger charge is -2.06. The van der Waals surface area contributed by atoms with Crippen molar-refractivity contribution in [1.82, 2.24) is 10.4 Å². The first-order chi connectivity index (χ1) is 10.2. The van der Waals surface area contributed by atoms with Gasteiger partial charge in [0.05, 0.1) is 18.4 Å². The number of hydrogen-bond acceptors (Lipinski definition) is 4. The fourth-order valence-corrected chi connectivity index (χ4v) is 1.81. The Balaban J connectivity index is 2.11. The van der Waals surface area contributed by atoms with E-state index in [-0.39, 0.29) is 5.91 Å². The molecule has 1 aromatic heterocycles. The van der Waals surface area contributed by atoms with Gasteiger partial charge in [0.25, 0.3) is 5.91 Å². The molecule has 0 atom stereocenters. The maximum atomic E-state index is 11.9. The number of carbonyl (C=O) groups excluding carboxylic acids is 1. The van der Waals surface area contributed by atoms with Crippen LogP contribution in [-0.4, -0.2) is 23.7 Å². The highest BCUT2D eigenvalue weighted by atomic mass is 16.5. The minimum atomic E-state index is -0.275. The van der Waals surface area contributed by atoms with Crippen molar-refractivity contribution >= 4 is 11.6 Å². The molecule has 0 spiro atoms. The van der Waals surface area contributed by atoms with Crippen LogP contribution >= 0.6 is 0 Å². The lowest BCUT2D eigenvalue weighted by molar-refractivity contribution is 0.0954. The van der Waals surface area contributed by atoms with E-state index < -0.39 is 0 Å². The predicted octanol–water partition coefficient (Wildman–Crippen LogP) is 2.63. The molecule has 0 fully saturated rings. The molecule has 1 N–H and O–H groups in total. The first-order valence-corrected chi connectivity index (χ1v) is 6.66. The number of nitrogens with one attached hydrogen (secondary N) is 1. The minimum Gasteiger partial charge on any atom is -0.497 e. The summed E-state index contributed by atoms with van der Waals surface area (Å²) in [4.78, 5) is 15.8. The third-order valence-electron chi connectivity index (χ3n) is 2.97. The zero-order valence-electron chi connectivity index (χ0n) is 12.0. The Morgan fingerprint density at radius 1 is 1.24 bits per heavy atom. The smallest absolute Gasteiger partial charge is 0.272 e. The molecule has 0 aliphatic heterocycles. The normalized spacial score (nSPS) is 11.0. The molecule has 0 unspecified atom stereocenters. The molecule has 1 aromatic carbocycles. The third-order valence-corrected chi connectivity index (χ3v) is 2.97. The summed E-state index contributed by atoms with van der Waals surface area (Å²) < 4.78 is 5.12. The van der Waals surface area contributed by atoms with E-state index in [1.165, 1.54) is 6.20 Å². The van der Waals surface area contributed by atoms with E-state index in [9.17, 15) is 4.79 Å². The third kappa shape index (κ3) is 3.89. The second-order valence-electron chi connectivity index (χ2n) is 4.32. The molecular weight excluding hydrogens is 266 g/mol. The first kappa shape index (κ1) is 14.7. The summed E-state index contributed by atoms with van der Waals surface area (Å²) in [6.07, 6.45) is 3.83. The molecule has 1 heterocycles. The lowest BCUT2D eigenvalue weighted by atomic mass is 10.1. The van der Waals surface area contributed by atoms with E-state index in [0.29, 0.717) is 12.0 Å². The number of benzene rings is 1. The Morgan fingerprint density at radius 3 is 2.57 bits per heavy atom. The van der Waals surface area contributed by atoms with Crippen LogP contribution < -0.4 is 10.2 Å². The summed E-state index contributed by atoms with van der Waals surface area (Å²) in [5.41, 5.74) is 4.78. The van der Waals surface area contributed by atoms with Crippen molar-refractivity contribution in [1.29, 1.82) is 0 Å². The molecule has 1 amide bonds. The average molecular weight is 283 g/mol. The van der Waals surface area contributed by atoms with Gasteiger partial charge in [0, 0.05) is 12.4 Å². The highest BCUT2D eigenvalue weighted by Crippen LogP contribution is 2.13. The van der Waals surface area contributed by atoms with Crippen molar-refractivity contribution in [2.24, 2.45) is 5.10 Å². The Morgan fingerprint density at radius 2 is 2.00 bits per heavy atom. The summed E-state index contributed by atoms with van der Waals surface area (Å²) in [6, 6.07) is 11.0. The molecule has 0 saturated carbocycles. The van der Waals surface area contributed by atoms with Crippen molar-refractivity contribution in [3.05, 3.63) is 59.9 Å². The van der Waals surface area contributed by atoms with Crippen LogP contribution in [-0.2, 0) is 0 Å². The van der Waals surface area contributed by atoms with Gasteiger partial charge in [0.1, 0.15) is 5.75 Å². The number of amides is 1. The first-order valence-electron chi connectivity index (χ1n) is 6.66. The molecule has 2 rings (SSSR count). The summed E-state index contributed by atoms with van der Waals surface area (Å²) in [6.45, 7) is 1.99. The molecule has 2 aromatic rings. The van der Waals surface area contributed by atoms with Crippen LogP contribution in [0.15, 0.2) is 53.9 Å². The number of ether oxygens (including phenoxy) is 1. The number of aromatic nitrogens is 1. The molecule has 21 heavy (non-hydrogen) atoms. The molecule has 5 nitrogen and oxygen atoms in total. The van der Waals surface area contributed by atoms with Crippen LogP contribution in [0.4, 0.5) is 0 Å². The molecule has 0 bridgehead atoms. The number of rotatable bonds is 5. The van der Waals surface area contributed by atoms with E-state index >= 15 is 0 Å². The Bertz CT molecular complexity index is 622. The van der Waals surface area contributed by atoms with Crippen molar-refractivity contribution < 1.29 is 9.53 Å². The maximum Gasteiger partial charge on any atom is 0.272 e. The van der Waals surface area contributed by atoms with Gasteiger partial charge in [-0.05, 0) is 48.4 Å². The van der Waals surface area contributed by atoms with Gasteiger partial charge in [-0.1, -0.05) is 6.92 Å². The Hall–Kier alpha value is -2.69. The monoisotopic (exact) mass is 283 g/mol. The van der Waals surface area contributed by atoms with Crippen molar-refractivity contribution in [3.63, 3.8) is 0 Å². The van der Waals surface area contributed by atoms with E-state index in [2.05, 4.69) is 15.5 Å². The largest absolute Gasteiger partial charge is 0.497 e. The fourth-order valence-electron chi connectivity index (χ4n) is 1.81. The SMILES string of the molecule is CCC(=NNC(=O)c1cccnc1)c1ccc(OC)cc1. The second kappa shape index (κ2) is 7.19. The summed E-state index contributed by atoms with van der Waals surface area (Å²) in [7, 11) is 1.62. The van der Waals surface area contributed by atoms with Crippen LogP contribution in [0.5, 0.6) is 5.75 Å². The fraction of sp³-hybridized carbons (Fsp3) is 0.188. The van der Waals surface area contributed by atoms with Crippen LogP contribution in [0.3, 0.4) is 0 Å². The van der Waals surface area contributed by atoms with Gasteiger partial charge < -0.3 is 4.74 Å². The number of methoxy groups -OCH3 is 1. The van der Waals surface area contributed by atoms with Gasteiger partial charge in [-0.15, -0.1) is 0 Å². The maximum absolute atomic E-state index is 11.9. The quantitative estimate of drug-likeness (QED) is 0.677. The zero-order valence-corrected chi connectivity index (χ0v) is 12.0.